The van der Waals surface area contributed by atoms with Crippen molar-refractivity contribution in [3.8, 4) is 0 Å². The molecule has 154 valence electrons. The van der Waals surface area contributed by atoms with Crippen LogP contribution < -0.4 is 10.6 Å². The summed E-state index contributed by atoms with van der Waals surface area (Å²) in [6.45, 7) is 3.78. The summed E-state index contributed by atoms with van der Waals surface area (Å²) in [5.74, 6) is 2.09. The maximum atomic E-state index is 12.7. The zero-order valence-electron chi connectivity index (χ0n) is 16.2. The fourth-order valence-electron chi connectivity index (χ4n) is 2.33. The van der Waals surface area contributed by atoms with Gasteiger partial charge in [0.15, 0.2) is 11.8 Å². The van der Waals surface area contributed by atoms with Crippen molar-refractivity contribution in [2.75, 3.05) is 20.3 Å². The Kier molecular flexibility index (Phi) is 7.80. The van der Waals surface area contributed by atoms with Crippen LogP contribution in [0.1, 0.15) is 29.2 Å². The molecule has 0 unspecified atom stereocenters. The summed E-state index contributed by atoms with van der Waals surface area (Å²) in [6, 6.07) is 4.99. The number of ether oxygens (including phenoxy) is 1. The molecule has 0 aliphatic rings. The molecule has 0 saturated carbocycles. The van der Waals surface area contributed by atoms with Crippen molar-refractivity contribution in [2.45, 2.75) is 32.6 Å². The Bertz CT molecular complexity index is 771. The van der Waals surface area contributed by atoms with Gasteiger partial charge in [-0.2, -0.15) is 13.2 Å². The van der Waals surface area contributed by atoms with Gasteiger partial charge in [0.05, 0.1) is 18.7 Å². The van der Waals surface area contributed by atoms with E-state index in [1.165, 1.54) is 12.1 Å². The molecule has 2 aromatic rings. The van der Waals surface area contributed by atoms with Gasteiger partial charge in [-0.05, 0) is 31.0 Å². The molecule has 7 nitrogen and oxygen atoms in total. The van der Waals surface area contributed by atoms with E-state index in [1.54, 1.807) is 7.11 Å². The number of hydrogen-bond donors (Lipinski definition) is 2. The fourth-order valence-corrected chi connectivity index (χ4v) is 2.33. The van der Waals surface area contributed by atoms with E-state index in [0.717, 1.165) is 30.2 Å². The number of halogens is 3. The van der Waals surface area contributed by atoms with Crippen molar-refractivity contribution >= 4 is 5.96 Å². The number of aryl methyl sites for hydroxylation is 1. The first kappa shape index (κ1) is 21.7. The summed E-state index contributed by atoms with van der Waals surface area (Å²) < 4.78 is 44.9. The van der Waals surface area contributed by atoms with Crippen LogP contribution in [0.5, 0.6) is 0 Å². The summed E-state index contributed by atoms with van der Waals surface area (Å²) in [6.07, 6.45) is -3.55. The molecule has 0 bridgehead atoms. The van der Waals surface area contributed by atoms with Crippen LogP contribution in [0.3, 0.4) is 0 Å². The first-order valence-electron chi connectivity index (χ1n) is 8.83. The highest BCUT2D eigenvalue weighted by Gasteiger charge is 2.29. The second-order valence-electron chi connectivity index (χ2n) is 6.21. The number of alkyl halides is 3. The molecule has 0 aliphatic heterocycles. The summed E-state index contributed by atoms with van der Waals surface area (Å²) in [5.41, 5.74) is 0.00872. The molecule has 0 aliphatic carbocycles. The molecule has 0 fully saturated rings. The van der Waals surface area contributed by atoms with Gasteiger partial charge in [-0.1, -0.05) is 12.1 Å². The maximum absolute atomic E-state index is 12.7. The van der Waals surface area contributed by atoms with Crippen molar-refractivity contribution in [2.24, 2.45) is 12.0 Å². The number of guanidine groups is 1. The summed E-state index contributed by atoms with van der Waals surface area (Å²) in [7, 11) is 3.51. The van der Waals surface area contributed by atoms with Crippen LogP contribution in [0.15, 0.2) is 29.3 Å². The lowest BCUT2D eigenvalue weighted by Gasteiger charge is -2.13. The number of methoxy groups -OCH3 is 1. The molecule has 1 heterocycles. The van der Waals surface area contributed by atoms with Gasteiger partial charge in [0.25, 0.3) is 0 Å². The van der Waals surface area contributed by atoms with Crippen LogP contribution in [0.25, 0.3) is 0 Å². The quantitative estimate of drug-likeness (QED) is 0.406. The van der Waals surface area contributed by atoms with E-state index in [1.807, 2.05) is 18.5 Å². The number of rotatable bonds is 8. The zero-order valence-corrected chi connectivity index (χ0v) is 16.2. The minimum atomic E-state index is -4.34. The first-order chi connectivity index (χ1) is 13.3. The van der Waals surface area contributed by atoms with Crippen LogP contribution >= 0.6 is 0 Å². The molecule has 0 spiro atoms. The van der Waals surface area contributed by atoms with Gasteiger partial charge in [-0.3, -0.25) is 0 Å². The molecule has 2 N–H and O–H groups in total. The molecule has 0 radical (unpaired) electrons. The number of nitrogens with one attached hydrogen (secondary N) is 2. The number of benzene rings is 1. The second kappa shape index (κ2) is 10.1. The molecular weight excluding hydrogens is 373 g/mol. The molecule has 0 atom stereocenters. The molecule has 10 heteroatoms. The molecule has 2 rings (SSSR count). The third-order valence-corrected chi connectivity index (χ3v) is 4.12. The Morgan fingerprint density at radius 3 is 2.46 bits per heavy atom. The number of hydrogen-bond acceptors (Lipinski definition) is 4. The van der Waals surface area contributed by atoms with Crippen molar-refractivity contribution in [3.63, 3.8) is 0 Å². The van der Waals surface area contributed by atoms with E-state index in [-0.39, 0.29) is 6.54 Å². The van der Waals surface area contributed by atoms with Crippen LogP contribution in [-0.4, -0.2) is 41.0 Å². The van der Waals surface area contributed by atoms with Gasteiger partial charge in [-0.25, -0.2) is 4.99 Å². The minimum absolute atomic E-state index is 0.246. The van der Waals surface area contributed by atoms with E-state index < -0.39 is 11.7 Å². The fraction of sp³-hybridized carbons (Fsp3) is 0.500. The average Bonchev–Trinajstić information content (AvgIpc) is 2.98. The predicted molar refractivity (Wildman–Crippen MR) is 99.7 cm³/mol. The average molecular weight is 398 g/mol. The van der Waals surface area contributed by atoms with E-state index in [0.29, 0.717) is 31.2 Å². The zero-order chi connectivity index (χ0) is 20.6. The maximum Gasteiger partial charge on any atom is 0.416 e. The first-order valence-corrected chi connectivity index (χ1v) is 8.83. The highest BCUT2D eigenvalue weighted by Crippen LogP contribution is 2.29. The molecule has 0 amide bonds. The van der Waals surface area contributed by atoms with E-state index in [2.05, 4.69) is 25.8 Å². The Labute approximate surface area is 162 Å². The number of aliphatic imine (C=N–C) groups is 1. The predicted octanol–water partition coefficient (Wildman–Crippen LogP) is 2.41. The highest BCUT2D eigenvalue weighted by molar-refractivity contribution is 5.79. The van der Waals surface area contributed by atoms with Crippen LogP contribution in [0.4, 0.5) is 13.2 Å². The minimum Gasteiger partial charge on any atom is -0.385 e. The highest BCUT2D eigenvalue weighted by atomic mass is 19.4. The Morgan fingerprint density at radius 2 is 1.89 bits per heavy atom. The topological polar surface area (TPSA) is 76.4 Å². The number of nitrogens with zero attached hydrogens (tertiary/aromatic N) is 4. The van der Waals surface area contributed by atoms with E-state index in [9.17, 15) is 13.2 Å². The summed E-state index contributed by atoms with van der Waals surface area (Å²) >= 11 is 0. The van der Waals surface area contributed by atoms with Crippen LogP contribution in [-0.2, 0) is 31.1 Å². The molecule has 1 aromatic heterocycles. The Hall–Kier alpha value is -2.62. The lowest BCUT2D eigenvalue weighted by molar-refractivity contribution is -0.137. The van der Waals surface area contributed by atoms with Gasteiger partial charge < -0.3 is 19.9 Å². The summed E-state index contributed by atoms with van der Waals surface area (Å²) in [4.78, 5) is 4.45. The molecular formula is C18H25F3N6O. The number of aromatic nitrogens is 3. The monoisotopic (exact) mass is 398 g/mol. The Balaban J connectivity index is 2.01. The van der Waals surface area contributed by atoms with Crippen molar-refractivity contribution in [3.05, 3.63) is 47.0 Å². The Morgan fingerprint density at radius 1 is 1.18 bits per heavy atom. The SMILES string of the molecule is COCCCNC(=NCc1ccc(C(F)(F)F)cc1)NCc1nnc(C)n1C. The van der Waals surface area contributed by atoms with Gasteiger partial charge in [-0.15, -0.1) is 10.2 Å². The lowest BCUT2D eigenvalue weighted by atomic mass is 10.1. The van der Waals surface area contributed by atoms with E-state index in [4.69, 9.17) is 4.74 Å². The van der Waals surface area contributed by atoms with Crippen molar-refractivity contribution < 1.29 is 17.9 Å². The largest absolute Gasteiger partial charge is 0.416 e. The third-order valence-electron chi connectivity index (χ3n) is 4.12. The normalized spacial score (nSPS) is 12.3. The van der Waals surface area contributed by atoms with Crippen molar-refractivity contribution in [1.82, 2.24) is 25.4 Å². The molecule has 28 heavy (non-hydrogen) atoms. The van der Waals surface area contributed by atoms with Gasteiger partial charge >= 0.3 is 6.18 Å². The van der Waals surface area contributed by atoms with Gasteiger partial charge in [0.1, 0.15) is 5.82 Å². The smallest absolute Gasteiger partial charge is 0.385 e. The van der Waals surface area contributed by atoms with Gasteiger partial charge in [0, 0.05) is 27.3 Å². The standard InChI is InChI=1S/C18H25F3N6O/c1-13-25-26-16(27(13)2)12-24-17(22-9-4-10-28-3)23-11-14-5-7-15(8-6-14)18(19,20)21/h5-8H,4,9-12H2,1-3H3,(H2,22,23,24). The molecule has 0 saturated heterocycles. The van der Waals surface area contributed by atoms with E-state index >= 15 is 0 Å². The lowest BCUT2D eigenvalue weighted by Crippen LogP contribution is -2.38. The van der Waals surface area contributed by atoms with Crippen LogP contribution in [0, 0.1) is 6.92 Å². The van der Waals surface area contributed by atoms with Gasteiger partial charge in [0.2, 0.25) is 0 Å². The van der Waals surface area contributed by atoms with Crippen molar-refractivity contribution in [1.29, 1.82) is 0 Å². The molecule has 1 aromatic carbocycles. The summed E-state index contributed by atoms with van der Waals surface area (Å²) in [5, 5.41) is 14.4. The second-order valence-corrected chi connectivity index (χ2v) is 6.21. The van der Waals surface area contributed by atoms with Crippen LogP contribution in [0.2, 0.25) is 0 Å². The third kappa shape index (κ3) is 6.52.